The number of dihydropyridines is 1. The predicted molar refractivity (Wildman–Crippen MR) is 146 cm³/mol. The lowest BCUT2D eigenvalue weighted by atomic mass is 9.79. The third-order valence-corrected chi connectivity index (χ3v) is 6.36. The van der Waals surface area contributed by atoms with Crippen molar-refractivity contribution in [3.63, 3.8) is 0 Å². The van der Waals surface area contributed by atoms with E-state index in [0.717, 1.165) is 5.56 Å². The largest absolute Gasteiger partial charge is 0.497 e. The van der Waals surface area contributed by atoms with Crippen LogP contribution >= 0.6 is 11.6 Å². The summed E-state index contributed by atoms with van der Waals surface area (Å²) in [5.74, 6) is -0.0771. The number of hydrogen-bond acceptors (Lipinski definition) is 5. The fourth-order valence-corrected chi connectivity index (χ4v) is 4.51. The van der Waals surface area contributed by atoms with E-state index in [1.165, 1.54) is 0 Å². The first kappa shape index (κ1) is 25.9. The van der Waals surface area contributed by atoms with E-state index < -0.39 is 5.92 Å². The second-order valence-electron chi connectivity index (χ2n) is 8.56. The van der Waals surface area contributed by atoms with Gasteiger partial charge in [0.1, 0.15) is 11.5 Å². The zero-order chi connectivity index (χ0) is 26.5. The molecule has 0 saturated heterocycles. The Labute approximate surface area is 221 Å². The monoisotopic (exact) mass is 517 g/mol. The molecule has 0 radical (unpaired) electrons. The van der Waals surface area contributed by atoms with Crippen molar-refractivity contribution in [3.8, 4) is 11.5 Å². The number of methoxy groups -OCH3 is 2. The molecular weight excluding hydrogens is 490 g/mol. The van der Waals surface area contributed by atoms with Gasteiger partial charge in [-0.15, -0.1) is 0 Å². The van der Waals surface area contributed by atoms with Crippen LogP contribution < -0.4 is 25.4 Å². The van der Waals surface area contributed by atoms with Crippen LogP contribution in [0, 0.1) is 0 Å². The van der Waals surface area contributed by atoms with E-state index in [4.69, 9.17) is 21.1 Å². The van der Waals surface area contributed by atoms with Crippen molar-refractivity contribution < 1.29 is 19.1 Å². The van der Waals surface area contributed by atoms with Crippen LogP contribution in [-0.2, 0) is 9.59 Å². The van der Waals surface area contributed by atoms with E-state index in [-0.39, 0.29) is 11.8 Å². The number of allylic oxidation sites excluding steroid dienone is 2. The van der Waals surface area contributed by atoms with Gasteiger partial charge in [0.15, 0.2) is 0 Å². The van der Waals surface area contributed by atoms with Crippen LogP contribution in [0.2, 0.25) is 5.02 Å². The minimum absolute atomic E-state index is 0.336. The number of amides is 2. The molecular formula is C29H28ClN3O4. The van der Waals surface area contributed by atoms with Gasteiger partial charge in [-0.05, 0) is 55.8 Å². The van der Waals surface area contributed by atoms with Gasteiger partial charge >= 0.3 is 0 Å². The van der Waals surface area contributed by atoms with E-state index >= 15 is 0 Å². The lowest BCUT2D eigenvalue weighted by Gasteiger charge is -2.31. The molecule has 1 aliphatic heterocycles. The third kappa shape index (κ3) is 5.78. The van der Waals surface area contributed by atoms with Crippen LogP contribution in [0.5, 0.6) is 11.5 Å². The summed E-state index contributed by atoms with van der Waals surface area (Å²) in [6.45, 7) is 3.65. The van der Waals surface area contributed by atoms with Crippen molar-refractivity contribution in [2.24, 2.45) is 0 Å². The van der Waals surface area contributed by atoms with Crippen molar-refractivity contribution in [3.05, 3.63) is 106 Å². The summed E-state index contributed by atoms with van der Waals surface area (Å²) < 4.78 is 10.6. The molecule has 0 spiro atoms. The summed E-state index contributed by atoms with van der Waals surface area (Å²) in [4.78, 5) is 27.4. The standard InChI is InChI=1S/C29H28ClN3O4/c1-17-25(28(34)32-21-7-5-9-23(15-21)36-3)27(19-11-13-20(30)14-12-19)26(18(2)31-17)29(35)33-22-8-6-10-24(16-22)37-4/h5-16,27,31H,1-4H3,(H,32,34)(H,33,35). The average Bonchev–Trinajstić information content (AvgIpc) is 2.88. The molecule has 0 aromatic heterocycles. The van der Waals surface area contributed by atoms with E-state index in [1.807, 2.05) is 26.0 Å². The van der Waals surface area contributed by atoms with Gasteiger partial charge in [-0.1, -0.05) is 35.9 Å². The molecule has 1 heterocycles. The molecule has 3 aromatic rings. The molecule has 7 nitrogen and oxygen atoms in total. The molecule has 190 valence electrons. The summed E-state index contributed by atoms with van der Waals surface area (Å²) in [6.07, 6.45) is 0. The molecule has 37 heavy (non-hydrogen) atoms. The Kier molecular flexibility index (Phi) is 7.84. The van der Waals surface area contributed by atoms with Crippen molar-refractivity contribution in [2.45, 2.75) is 19.8 Å². The fourth-order valence-electron chi connectivity index (χ4n) is 4.38. The van der Waals surface area contributed by atoms with Gasteiger partial charge in [0.2, 0.25) is 0 Å². The number of benzene rings is 3. The first-order valence-electron chi connectivity index (χ1n) is 11.7. The molecule has 0 atom stereocenters. The highest BCUT2D eigenvalue weighted by atomic mass is 35.5. The van der Waals surface area contributed by atoms with Gasteiger partial charge in [-0.2, -0.15) is 0 Å². The van der Waals surface area contributed by atoms with Crippen molar-refractivity contribution >= 4 is 34.8 Å². The topological polar surface area (TPSA) is 88.7 Å². The highest BCUT2D eigenvalue weighted by molar-refractivity contribution is 6.30. The van der Waals surface area contributed by atoms with E-state index in [0.29, 0.717) is 50.4 Å². The molecule has 0 unspecified atom stereocenters. The van der Waals surface area contributed by atoms with Gasteiger partial charge in [0, 0.05) is 57.0 Å². The van der Waals surface area contributed by atoms with Gasteiger partial charge in [0.25, 0.3) is 11.8 Å². The highest BCUT2D eigenvalue weighted by Gasteiger charge is 2.36. The molecule has 0 saturated carbocycles. The number of rotatable bonds is 7. The van der Waals surface area contributed by atoms with Crippen molar-refractivity contribution in [1.29, 1.82) is 0 Å². The zero-order valence-corrected chi connectivity index (χ0v) is 21.8. The third-order valence-electron chi connectivity index (χ3n) is 6.11. The number of halogens is 1. The molecule has 8 heteroatoms. The number of anilines is 2. The van der Waals surface area contributed by atoms with Gasteiger partial charge < -0.3 is 25.4 Å². The maximum absolute atomic E-state index is 13.7. The van der Waals surface area contributed by atoms with Crippen LogP contribution in [0.1, 0.15) is 25.3 Å². The summed E-state index contributed by atoms with van der Waals surface area (Å²) in [5.41, 5.74) is 4.06. The second-order valence-corrected chi connectivity index (χ2v) is 9.00. The average molecular weight is 518 g/mol. The minimum Gasteiger partial charge on any atom is -0.497 e. The van der Waals surface area contributed by atoms with Crippen LogP contribution in [0.15, 0.2) is 95.3 Å². The highest BCUT2D eigenvalue weighted by Crippen LogP contribution is 2.39. The van der Waals surface area contributed by atoms with Crippen molar-refractivity contribution in [2.75, 3.05) is 24.9 Å². The Bertz CT molecular complexity index is 1310. The predicted octanol–water partition coefficient (Wildman–Crippen LogP) is 5.87. The quantitative estimate of drug-likeness (QED) is 0.365. The second kappa shape index (κ2) is 11.2. The molecule has 0 bridgehead atoms. The van der Waals surface area contributed by atoms with Crippen molar-refractivity contribution in [1.82, 2.24) is 5.32 Å². The van der Waals surface area contributed by atoms with Crippen LogP contribution in [0.25, 0.3) is 0 Å². The normalized spacial score (nSPS) is 13.6. The number of hydrogen-bond donors (Lipinski definition) is 3. The molecule has 4 rings (SSSR count). The molecule has 0 fully saturated rings. The summed E-state index contributed by atoms with van der Waals surface area (Å²) in [5, 5.41) is 9.70. The Balaban J connectivity index is 1.74. The molecule has 3 N–H and O–H groups in total. The van der Waals surface area contributed by atoms with E-state index in [9.17, 15) is 9.59 Å². The lowest BCUT2D eigenvalue weighted by molar-refractivity contribution is -0.113. The maximum atomic E-state index is 13.7. The minimum atomic E-state index is -0.644. The van der Waals surface area contributed by atoms with Gasteiger partial charge in [0.05, 0.1) is 14.2 Å². The fraction of sp³-hybridized carbons (Fsp3) is 0.172. The molecule has 1 aliphatic rings. The lowest BCUT2D eigenvalue weighted by Crippen LogP contribution is -2.35. The van der Waals surface area contributed by atoms with Gasteiger partial charge in [-0.3, -0.25) is 9.59 Å². The Morgan fingerprint density at radius 2 is 1.22 bits per heavy atom. The molecule has 3 aromatic carbocycles. The number of carbonyl (C=O) groups is 2. The summed E-state index contributed by atoms with van der Waals surface area (Å²) >= 11 is 6.16. The van der Waals surface area contributed by atoms with E-state index in [1.54, 1.807) is 74.9 Å². The Morgan fingerprint density at radius 1 is 0.757 bits per heavy atom. The number of carbonyl (C=O) groups excluding carboxylic acids is 2. The summed E-state index contributed by atoms with van der Waals surface area (Å²) in [6, 6.07) is 21.4. The first-order chi connectivity index (χ1) is 17.8. The SMILES string of the molecule is COc1cccc(NC(=O)C2=C(C)NC(C)=C(C(=O)Nc3cccc(OC)c3)C2c2ccc(Cl)cc2)c1. The van der Waals surface area contributed by atoms with Crippen LogP contribution in [0.4, 0.5) is 11.4 Å². The molecule has 2 amide bonds. The Hall–Kier alpha value is -4.23. The maximum Gasteiger partial charge on any atom is 0.254 e. The number of nitrogens with one attached hydrogen (secondary N) is 3. The van der Waals surface area contributed by atoms with Gasteiger partial charge in [-0.25, -0.2) is 0 Å². The van der Waals surface area contributed by atoms with E-state index in [2.05, 4.69) is 16.0 Å². The molecule has 0 aliphatic carbocycles. The van der Waals surface area contributed by atoms with Crippen LogP contribution in [-0.4, -0.2) is 26.0 Å². The number of ether oxygens (including phenoxy) is 2. The zero-order valence-electron chi connectivity index (χ0n) is 21.0. The smallest absolute Gasteiger partial charge is 0.254 e. The van der Waals surface area contributed by atoms with Crippen LogP contribution in [0.3, 0.4) is 0 Å². The summed E-state index contributed by atoms with van der Waals surface area (Å²) in [7, 11) is 3.13. The Morgan fingerprint density at radius 3 is 1.65 bits per heavy atom. The first-order valence-corrected chi connectivity index (χ1v) is 12.0.